The van der Waals surface area contributed by atoms with Crippen LogP contribution in [0.3, 0.4) is 0 Å². The number of nitrogens with one attached hydrogen (secondary N) is 1. The molecular formula is C9H11N3O4S. The second-order valence-corrected chi connectivity index (χ2v) is 4.28. The predicted molar refractivity (Wildman–Crippen MR) is 63.3 cm³/mol. The molecule has 0 aromatic carbocycles. The topological polar surface area (TPSA) is 93.8 Å². The molecule has 0 aliphatic rings. The molecule has 0 bridgehead atoms. The van der Waals surface area contributed by atoms with Gasteiger partial charge in [0.2, 0.25) is 0 Å². The fourth-order valence-corrected chi connectivity index (χ4v) is 1.58. The zero-order chi connectivity index (χ0) is 12.8. The summed E-state index contributed by atoms with van der Waals surface area (Å²) < 4.78 is 0. The van der Waals surface area contributed by atoms with Crippen molar-refractivity contribution in [2.75, 3.05) is 0 Å². The molecule has 1 N–H and O–H groups in total. The molecule has 1 aromatic rings. The largest absolute Gasteiger partial charge is 0.433 e. The van der Waals surface area contributed by atoms with E-state index in [1.165, 1.54) is 12.3 Å². The highest BCUT2D eigenvalue weighted by Gasteiger charge is 2.08. The van der Waals surface area contributed by atoms with E-state index >= 15 is 0 Å². The van der Waals surface area contributed by atoms with Gasteiger partial charge in [0.25, 0.3) is 0 Å². The molecule has 8 heteroatoms. The van der Waals surface area contributed by atoms with Crippen LogP contribution in [-0.2, 0) is 4.84 Å². The molecule has 0 aliphatic carbocycles. The summed E-state index contributed by atoms with van der Waals surface area (Å²) in [7, 11) is 0. The highest BCUT2D eigenvalue weighted by molar-refractivity contribution is 7.13. The normalized spacial score (nSPS) is 10.8. The number of oxime groups is 1. The van der Waals surface area contributed by atoms with Crippen molar-refractivity contribution in [1.29, 1.82) is 0 Å². The average Bonchev–Trinajstić information content (AvgIpc) is 2.65. The van der Waals surface area contributed by atoms with E-state index in [1.54, 1.807) is 19.2 Å². The van der Waals surface area contributed by atoms with E-state index < -0.39 is 11.0 Å². The van der Waals surface area contributed by atoms with Crippen LogP contribution in [-0.4, -0.2) is 23.3 Å². The van der Waals surface area contributed by atoms with Crippen molar-refractivity contribution in [3.63, 3.8) is 0 Å². The second kappa shape index (κ2) is 5.94. The van der Waals surface area contributed by atoms with Crippen LogP contribution in [0.5, 0.6) is 0 Å². The van der Waals surface area contributed by atoms with Crippen LogP contribution in [0.2, 0.25) is 0 Å². The maximum atomic E-state index is 11.0. The molecule has 0 atom stereocenters. The summed E-state index contributed by atoms with van der Waals surface area (Å²) in [5, 5.41) is 17.8. The summed E-state index contributed by atoms with van der Waals surface area (Å²) >= 11 is 0.981. The first-order valence-electron chi connectivity index (χ1n) is 4.73. The molecule has 0 aliphatic heterocycles. The Morgan fingerprint density at radius 3 is 2.94 bits per heavy atom. The molecular weight excluding hydrogens is 246 g/mol. The number of rotatable bonds is 4. The van der Waals surface area contributed by atoms with Crippen molar-refractivity contribution in [2.24, 2.45) is 5.16 Å². The Hall–Kier alpha value is -1.96. The third-order valence-corrected chi connectivity index (χ3v) is 2.43. The van der Waals surface area contributed by atoms with Crippen LogP contribution in [0, 0.1) is 10.1 Å². The highest BCUT2D eigenvalue weighted by Crippen LogP contribution is 2.21. The van der Waals surface area contributed by atoms with Crippen LogP contribution in [0.25, 0.3) is 0 Å². The van der Waals surface area contributed by atoms with Crippen molar-refractivity contribution in [1.82, 2.24) is 5.32 Å². The highest BCUT2D eigenvalue weighted by atomic mass is 32.1. The molecule has 7 nitrogen and oxygen atoms in total. The smallest absolute Gasteiger partial charge is 0.317 e. The molecule has 0 radical (unpaired) electrons. The first kappa shape index (κ1) is 13.1. The zero-order valence-electron chi connectivity index (χ0n) is 9.25. The lowest BCUT2D eigenvalue weighted by Crippen LogP contribution is -2.29. The Kier molecular flexibility index (Phi) is 4.58. The Bertz CT molecular complexity index is 441. The Morgan fingerprint density at radius 1 is 1.71 bits per heavy atom. The van der Waals surface area contributed by atoms with E-state index in [-0.39, 0.29) is 11.0 Å². The predicted octanol–water partition coefficient (Wildman–Crippen LogP) is 2.12. The quantitative estimate of drug-likeness (QED) is 0.387. The van der Waals surface area contributed by atoms with Crippen LogP contribution >= 0.6 is 11.3 Å². The van der Waals surface area contributed by atoms with Crippen molar-refractivity contribution < 1.29 is 14.6 Å². The van der Waals surface area contributed by atoms with Gasteiger partial charge in [-0.05, 0) is 13.8 Å². The minimum Gasteiger partial charge on any atom is -0.317 e. The van der Waals surface area contributed by atoms with E-state index in [4.69, 9.17) is 0 Å². The van der Waals surface area contributed by atoms with Gasteiger partial charge in [0.15, 0.2) is 0 Å². The van der Waals surface area contributed by atoms with Crippen molar-refractivity contribution >= 4 is 28.6 Å². The molecule has 1 rings (SSSR count). The number of nitro groups is 1. The molecule has 1 heterocycles. The number of nitrogens with zero attached hydrogens (tertiary/aromatic N) is 2. The van der Waals surface area contributed by atoms with Gasteiger partial charge in [0.05, 0.1) is 11.1 Å². The summed E-state index contributed by atoms with van der Waals surface area (Å²) in [5.74, 6) is 0. The molecule has 17 heavy (non-hydrogen) atoms. The molecule has 0 fully saturated rings. The Labute approximate surface area is 101 Å². The lowest BCUT2D eigenvalue weighted by atomic mass is 10.4. The minimum absolute atomic E-state index is 0.0121. The molecule has 1 amide bonds. The number of hydrogen-bond acceptors (Lipinski definition) is 6. The van der Waals surface area contributed by atoms with Gasteiger partial charge < -0.3 is 5.32 Å². The molecule has 0 saturated carbocycles. The first-order valence-corrected chi connectivity index (χ1v) is 5.61. The van der Waals surface area contributed by atoms with Crippen LogP contribution in [0.4, 0.5) is 9.80 Å². The van der Waals surface area contributed by atoms with Gasteiger partial charge in [-0.2, -0.15) is 0 Å². The van der Waals surface area contributed by atoms with Crippen molar-refractivity contribution in [2.45, 2.75) is 19.9 Å². The second-order valence-electron chi connectivity index (χ2n) is 3.39. The minimum atomic E-state index is -0.666. The molecule has 92 valence electrons. The van der Waals surface area contributed by atoms with Gasteiger partial charge in [0.1, 0.15) is 0 Å². The Balaban J connectivity index is 2.48. The molecule has 0 saturated heterocycles. The third-order valence-electron chi connectivity index (χ3n) is 1.53. The van der Waals surface area contributed by atoms with Gasteiger partial charge in [-0.3, -0.25) is 15.0 Å². The number of hydrogen-bond donors (Lipinski definition) is 1. The van der Waals surface area contributed by atoms with E-state index in [2.05, 4.69) is 15.3 Å². The van der Waals surface area contributed by atoms with Crippen LogP contribution in [0.1, 0.15) is 19.4 Å². The van der Waals surface area contributed by atoms with E-state index in [0.717, 1.165) is 11.3 Å². The average molecular weight is 257 g/mol. The van der Waals surface area contributed by atoms with Crippen LogP contribution in [0.15, 0.2) is 16.6 Å². The fourth-order valence-electron chi connectivity index (χ4n) is 0.900. The van der Waals surface area contributed by atoms with E-state index in [0.29, 0.717) is 5.56 Å². The lowest BCUT2D eigenvalue weighted by Gasteiger charge is -2.04. The summed E-state index contributed by atoms with van der Waals surface area (Å²) in [5.41, 5.74) is 0.513. The lowest BCUT2D eigenvalue weighted by molar-refractivity contribution is -0.380. The van der Waals surface area contributed by atoms with E-state index in [9.17, 15) is 14.9 Å². The third kappa shape index (κ3) is 4.60. The summed E-state index contributed by atoms with van der Waals surface area (Å²) in [6, 6.07) is 1.30. The van der Waals surface area contributed by atoms with Crippen molar-refractivity contribution in [3.8, 4) is 0 Å². The number of carbonyl (C=O) groups excluding carboxylic acids is 1. The summed E-state index contributed by atoms with van der Waals surface area (Å²) in [6.45, 7) is 3.57. The van der Waals surface area contributed by atoms with Gasteiger partial charge >= 0.3 is 11.1 Å². The SMILES string of the molecule is CC(C)NC(=O)ON=Cc1csc([N+](=O)[O-])c1. The fraction of sp³-hybridized carbons (Fsp3) is 0.333. The number of amides is 1. The number of carbonyl (C=O) groups is 1. The van der Waals surface area contributed by atoms with Gasteiger partial charge in [0, 0.05) is 23.1 Å². The van der Waals surface area contributed by atoms with Gasteiger partial charge in [-0.15, -0.1) is 0 Å². The molecule has 1 aromatic heterocycles. The summed E-state index contributed by atoms with van der Waals surface area (Å²) in [4.78, 5) is 25.4. The van der Waals surface area contributed by atoms with Gasteiger partial charge in [-0.25, -0.2) is 4.79 Å². The first-order chi connectivity index (χ1) is 7.99. The van der Waals surface area contributed by atoms with E-state index in [1.807, 2.05) is 0 Å². The number of thiophene rings is 1. The monoisotopic (exact) mass is 257 g/mol. The van der Waals surface area contributed by atoms with Gasteiger partial charge in [-0.1, -0.05) is 16.5 Å². The Morgan fingerprint density at radius 2 is 2.41 bits per heavy atom. The summed E-state index contributed by atoms with van der Waals surface area (Å²) in [6.07, 6.45) is 0.574. The van der Waals surface area contributed by atoms with Crippen LogP contribution < -0.4 is 5.32 Å². The maximum absolute atomic E-state index is 11.0. The molecule has 0 spiro atoms. The standard InChI is InChI=1S/C9H11N3O4S/c1-6(2)11-9(13)16-10-4-7-3-8(12(14)15)17-5-7/h3-6H,1-2H3,(H,11,13). The van der Waals surface area contributed by atoms with Crippen molar-refractivity contribution in [3.05, 3.63) is 27.1 Å². The molecule has 0 unspecified atom stereocenters. The zero-order valence-corrected chi connectivity index (χ0v) is 10.1. The maximum Gasteiger partial charge on any atom is 0.433 e.